The summed E-state index contributed by atoms with van der Waals surface area (Å²) >= 11 is 3.50. The number of aromatic nitrogens is 2. The topological polar surface area (TPSA) is 38.1 Å². The van der Waals surface area contributed by atoms with Crippen LogP contribution in [0.5, 0.6) is 0 Å². The number of alkyl halides is 1. The zero-order valence-corrected chi connectivity index (χ0v) is 11.0. The highest BCUT2D eigenvalue weighted by molar-refractivity contribution is 9.09. The van der Waals surface area contributed by atoms with Gasteiger partial charge in [-0.1, -0.05) is 15.9 Å². The van der Waals surface area contributed by atoms with E-state index in [9.17, 15) is 4.79 Å². The molecule has 0 aromatic carbocycles. The fourth-order valence-electron chi connectivity index (χ4n) is 2.16. The van der Waals surface area contributed by atoms with Crippen LogP contribution in [0, 0.1) is 0 Å². The lowest BCUT2D eigenvalue weighted by molar-refractivity contribution is 0.688. The molecule has 1 saturated heterocycles. The van der Waals surface area contributed by atoms with E-state index in [-0.39, 0.29) is 5.56 Å². The number of hydrogen-bond acceptors (Lipinski definition) is 3. The molecule has 0 bridgehead atoms. The Kier molecular flexibility index (Phi) is 3.63. The van der Waals surface area contributed by atoms with Crippen LogP contribution in [0.2, 0.25) is 0 Å². The normalized spacial score (nSPS) is 20.4. The maximum absolute atomic E-state index is 12.1. The molecule has 0 N–H and O–H groups in total. The monoisotopic (exact) mass is 285 g/mol. The van der Waals surface area contributed by atoms with Crippen molar-refractivity contribution in [2.75, 3.05) is 16.8 Å². The van der Waals surface area contributed by atoms with Crippen molar-refractivity contribution in [3.8, 4) is 0 Å². The van der Waals surface area contributed by atoms with Crippen molar-refractivity contribution < 1.29 is 0 Å². The second kappa shape index (κ2) is 4.99. The molecule has 2 heterocycles. The molecule has 0 amide bonds. The van der Waals surface area contributed by atoms with E-state index in [1.807, 2.05) is 6.92 Å². The van der Waals surface area contributed by atoms with Gasteiger partial charge in [-0.15, -0.1) is 0 Å². The Balaban J connectivity index is 2.36. The van der Waals surface area contributed by atoms with Crippen LogP contribution in [0.3, 0.4) is 0 Å². The predicted octanol–water partition coefficient (Wildman–Crippen LogP) is 1.63. The third kappa shape index (κ3) is 2.00. The van der Waals surface area contributed by atoms with Crippen LogP contribution in [-0.2, 0) is 6.54 Å². The molecule has 1 aliphatic heterocycles. The second-order valence-corrected chi connectivity index (χ2v) is 4.63. The first-order valence-electron chi connectivity index (χ1n) is 5.66. The summed E-state index contributed by atoms with van der Waals surface area (Å²) in [4.78, 5) is 18.5. The summed E-state index contributed by atoms with van der Waals surface area (Å²) in [6.45, 7) is 3.60. The van der Waals surface area contributed by atoms with Crippen molar-refractivity contribution in [1.29, 1.82) is 0 Å². The molecule has 1 atom stereocenters. The van der Waals surface area contributed by atoms with Crippen molar-refractivity contribution in [2.24, 2.45) is 0 Å². The lowest BCUT2D eigenvalue weighted by Crippen LogP contribution is -2.37. The van der Waals surface area contributed by atoms with Gasteiger partial charge < -0.3 is 9.47 Å². The van der Waals surface area contributed by atoms with Crippen molar-refractivity contribution in [2.45, 2.75) is 32.4 Å². The van der Waals surface area contributed by atoms with Crippen LogP contribution in [0.25, 0.3) is 0 Å². The highest BCUT2D eigenvalue weighted by Crippen LogP contribution is 2.22. The highest BCUT2D eigenvalue weighted by Gasteiger charge is 2.26. The van der Waals surface area contributed by atoms with E-state index in [1.165, 1.54) is 0 Å². The van der Waals surface area contributed by atoms with Crippen LogP contribution in [0.1, 0.15) is 19.8 Å². The van der Waals surface area contributed by atoms with Gasteiger partial charge in [-0.2, -0.15) is 0 Å². The van der Waals surface area contributed by atoms with Crippen molar-refractivity contribution in [1.82, 2.24) is 9.55 Å². The molecule has 4 nitrogen and oxygen atoms in total. The summed E-state index contributed by atoms with van der Waals surface area (Å²) in [5.41, 5.74) is 0.0258. The minimum atomic E-state index is 0.0258. The van der Waals surface area contributed by atoms with E-state index < -0.39 is 0 Å². The van der Waals surface area contributed by atoms with Gasteiger partial charge in [-0.05, 0) is 19.8 Å². The number of anilines is 1. The number of hydrogen-bond donors (Lipinski definition) is 0. The van der Waals surface area contributed by atoms with Gasteiger partial charge in [0, 0.05) is 36.9 Å². The molecule has 5 heteroatoms. The van der Waals surface area contributed by atoms with Gasteiger partial charge in [0.2, 0.25) is 0 Å². The maximum atomic E-state index is 12.1. The fraction of sp³-hybridized carbons (Fsp3) is 0.636. The zero-order chi connectivity index (χ0) is 11.5. The third-order valence-corrected chi connectivity index (χ3v) is 3.81. The van der Waals surface area contributed by atoms with E-state index in [0.717, 1.165) is 24.7 Å². The van der Waals surface area contributed by atoms with Crippen molar-refractivity contribution in [3.05, 3.63) is 22.7 Å². The van der Waals surface area contributed by atoms with Gasteiger partial charge in [-0.25, -0.2) is 4.98 Å². The molecule has 1 unspecified atom stereocenters. The van der Waals surface area contributed by atoms with Gasteiger partial charge in [0.15, 0.2) is 5.82 Å². The predicted molar refractivity (Wildman–Crippen MR) is 68.3 cm³/mol. The van der Waals surface area contributed by atoms with E-state index in [1.54, 1.807) is 17.0 Å². The third-order valence-electron chi connectivity index (χ3n) is 3.06. The quantitative estimate of drug-likeness (QED) is 0.793. The molecular weight excluding hydrogens is 270 g/mol. The molecule has 0 radical (unpaired) electrons. The summed E-state index contributed by atoms with van der Waals surface area (Å²) < 4.78 is 1.70. The molecule has 16 heavy (non-hydrogen) atoms. The maximum Gasteiger partial charge on any atom is 0.293 e. The largest absolute Gasteiger partial charge is 0.348 e. The number of halogens is 1. The molecule has 2 rings (SSSR count). The molecule has 1 aromatic heterocycles. The van der Waals surface area contributed by atoms with Crippen LogP contribution in [0.15, 0.2) is 17.2 Å². The Morgan fingerprint density at radius 3 is 3.12 bits per heavy atom. The van der Waals surface area contributed by atoms with Gasteiger partial charge in [0.1, 0.15) is 0 Å². The van der Waals surface area contributed by atoms with Crippen molar-refractivity contribution in [3.63, 3.8) is 0 Å². The SMILES string of the molecule is CCn1ccnc(N2CCCC2CBr)c1=O. The summed E-state index contributed by atoms with van der Waals surface area (Å²) in [6.07, 6.45) is 5.72. The zero-order valence-electron chi connectivity index (χ0n) is 9.40. The first-order valence-corrected chi connectivity index (χ1v) is 6.78. The van der Waals surface area contributed by atoms with Crippen LogP contribution in [-0.4, -0.2) is 27.5 Å². The number of aryl methyl sites for hydroxylation is 1. The molecular formula is C11H16BrN3O. The van der Waals surface area contributed by atoms with E-state index in [4.69, 9.17) is 0 Å². The van der Waals surface area contributed by atoms with Crippen molar-refractivity contribution >= 4 is 21.7 Å². The fourth-order valence-corrected chi connectivity index (χ4v) is 2.83. The molecule has 1 aromatic rings. The summed E-state index contributed by atoms with van der Waals surface area (Å²) in [7, 11) is 0. The highest BCUT2D eigenvalue weighted by atomic mass is 79.9. The Morgan fingerprint density at radius 1 is 1.62 bits per heavy atom. The molecule has 1 aliphatic rings. The molecule has 0 spiro atoms. The van der Waals surface area contributed by atoms with Gasteiger partial charge >= 0.3 is 0 Å². The Hall–Kier alpha value is -0.840. The average molecular weight is 286 g/mol. The molecule has 0 saturated carbocycles. The smallest absolute Gasteiger partial charge is 0.293 e. The Morgan fingerprint density at radius 2 is 2.44 bits per heavy atom. The van der Waals surface area contributed by atoms with Gasteiger partial charge in [0.05, 0.1) is 0 Å². The Bertz CT molecular complexity index is 418. The molecule has 1 fully saturated rings. The van der Waals surface area contributed by atoms with Crippen LogP contribution < -0.4 is 10.5 Å². The standard InChI is InChI=1S/C11H16BrN3O/c1-2-14-7-5-13-10(11(14)16)15-6-3-4-9(15)8-12/h5,7,9H,2-4,6,8H2,1H3. The number of nitrogens with zero attached hydrogens (tertiary/aromatic N) is 3. The lowest BCUT2D eigenvalue weighted by Gasteiger charge is -2.23. The first kappa shape index (κ1) is 11.6. The minimum absolute atomic E-state index is 0.0258. The molecule has 88 valence electrons. The number of rotatable bonds is 3. The average Bonchev–Trinajstić information content (AvgIpc) is 2.77. The van der Waals surface area contributed by atoms with Gasteiger partial charge in [-0.3, -0.25) is 4.79 Å². The summed E-state index contributed by atoms with van der Waals surface area (Å²) in [6, 6.07) is 0.410. The van der Waals surface area contributed by atoms with Crippen LogP contribution >= 0.6 is 15.9 Å². The van der Waals surface area contributed by atoms with Gasteiger partial charge in [0.25, 0.3) is 5.56 Å². The van der Waals surface area contributed by atoms with E-state index in [0.29, 0.717) is 18.4 Å². The van der Waals surface area contributed by atoms with E-state index >= 15 is 0 Å². The summed E-state index contributed by atoms with van der Waals surface area (Å²) in [5, 5.41) is 0.898. The lowest BCUT2D eigenvalue weighted by atomic mass is 10.2. The van der Waals surface area contributed by atoms with Crippen LogP contribution in [0.4, 0.5) is 5.82 Å². The summed E-state index contributed by atoms with van der Waals surface area (Å²) in [5.74, 6) is 0.603. The first-order chi connectivity index (χ1) is 7.77. The van der Waals surface area contributed by atoms with E-state index in [2.05, 4.69) is 25.8 Å². The second-order valence-electron chi connectivity index (χ2n) is 3.99. The Labute approximate surface area is 103 Å². The molecule has 0 aliphatic carbocycles. The minimum Gasteiger partial charge on any atom is -0.348 e.